The van der Waals surface area contributed by atoms with Crippen molar-refractivity contribution in [1.82, 2.24) is 10.2 Å². The second kappa shape index (κ2) is 8.82. The summed E-state index contributed by atoms with van der Waals surface area (Å²) in [7, 11) is 1.74. The molecule has 3 rings (SSSR count). The predicted octanol–water partition coefficient (Wildman–Crippen LogP) is 2.89. The quantitative estimate of drug-likeness (QED) is 0.855. The van der Waals surface area contributed by atoms with Gasteiger partial charge in [0.15, 0.2) is 0 Å². The average Bonchev–Trinajstić information content (AvgIpc) is 2.70. The minimum atomic E-state index is -0.169. The van der Waals surface area contributed by atoms with E-state index < -0.39 is 0 Å². The first-order chi connectivity index (χ1) is 13.1. The summed E-state index contributed by atoms with van der Waals surface area (Å²) in [6.07, 6.45) is 2.06. The molecule has 0 spiro atoms. The van der Waals surface area contributed by atoms with Gasteiger partial charge in [-0.15, -0.1) is 0 Å². The number of hydrogen-bond donors (Lipinski definition) is 1. The number of likely N-dealkylation sites (N-methyl/N-ethyl adjacent to an activating group) is 1. The smallest absolute Gasteiger partial charge is 0.251 e. The van der Waals surface area contributed by atoms with E-state index >= 15 is 0 Å². The van der Waals surface area contributed by atoms with Gasteiger partial charge in [0.2, 0.25) is 5.91 Å². The number of nitrogens with zero attached hydrogens (tertiary/aromatic N) is 1. The molecule has 2 aromatic carbocycles. The van der Waals surface area contributed by atoms with Crippen LogP contribution in [0, 0.1) is 0 Å². The highest BCUT2D eigenvalue weighted by Crippen LogP contribution is 2.21. The van der Waals surface area contributed by atoms with Crippen molar-refractivity contribution in [3.05, 3.63) is 59.7 Å². The van der Waals surface area contributed by atoms with Gasteiger partial charge in [-0.1, -0.05) is 49.7 Å². The second-order valence-electron chi connectivity index (χ2n) is 6.94. The molecular weight excluding hydrogens is 340 g/mol. The molecule has 0 aromatic heterocycles. The van der Waals surface area contributed by atoms with E-state index in [1.807, 2.05) is 24.3 Å². The zero-order valence-electron chi connectivity index (χ0n) is 15.9. The number of aryl methyl sites for hydroxylation is 1. The van der Waals surface area contributed by atoms with Crippen LogP contribution in [0.3, 0.4) is 0 Å². The number of carbonyl (C=O) groups excluding carboxylic acids is 2. The third-order valence-corrected chi connectivity index (χ3v) is 4.81. The van der Waals surface area contributed by atoms with Crippen molar-refractivity contribution in [1.29, 1.82) is 0 Å². The lowest BCUT2D eigenvalue weighted by Gasteiger charge is -2.29. The monoisotopic (exact) mass is 366 g/mol. The summed E-state index contributed by atoms with van der Waals surface area (Å²) in [5.74, 6) is -0.168. The number of nitrogens with one attached hydrogen (secondary N) is 1. The molecule has 142 valence electrons. The van der Waals surface area contributed by atoms with Gasteiger partial charge in [0, 0.05) is 25.7 Å². The van der Waals surface area contributed by atoms with Crippen molar-refractivity contribution >= 4 is 11.8 Å². The Balaban J connectivity index is 1.56. The molecule has 1 heterocycles. The lowest BCUT2D eigenvalue weighted by molar-refractivity contribution is -0.146. The number of amides is 2. The summed E-state index contributed by atoms with van der Waals surface area (Å²) in [6, 6.07) is 16.2. The second-order valence-corrected chi connectivity index (χ2v) is 6.94. The van der Waals surface area contributed by atoms with E-state index in [9.17, 15) is 9.59 Å². The Morgan fingerprint density at radius 2 is 1.74 bits per heavy atom. The summed E-state index contributed by atoms with van der Waals surface area (Å²) >= 11 is 0. The molecular formula is C22H26N2O3. The van der Waals surface area contributed by atoms with Crippen LogP contribution in [0.25, 0.3) is 11.1 Å². The third-order valence-electron chi connectivity index (χ3n) is 4.81. The fraction of sp³-hybridized carbons (Fsp3) is 0.364. The Hall–Kier alpha value is -2.66. The SMILES string of the molecule is CCCc1ccc(-c2ccc(C(=O)NC[C@@H]3CN(C)C(=O)CO3)cc2)cc1. The van der Waals surface area contributed by atoms with Crippen LogP contribution >= 0.6 is 0 Å². The van der Waals surface area contributed by atoms with E-state index in [4.69, 9.17) is 4.74 Å². The van der Waals surface area contributed by atoms with Gasteiger partial charge in [0.1, 0.15) is 6.61 Å². The van der Waals surface area contributed by atoms with Crippen molar-refractivity contribution < 1.29 is 14.3 Å². The fourth-order valence-electron chi connectivity index (χ4n) is 3.16. The Morgan fingerprint density at radius 1 is 1.11 bits per heavy atom. The number of carbonyl (C=O) groups is 2. The molecule has 1 fully saturated rings. The molecule has 1 saturated heterocycles. The average molecular weight is 366 g/mol. The zero-order valence-corrected chi connectivity index (χ0v) is 15.9. The van der Waals surface area contributed by atoms with Crippen molar-refractivity contribution in [3.8, 4) is 11.1 Å². The van der Waals surface area contributed by atoms with Crippen LogP contribution in [-0.2, 0) is 16.0 Å². The Bertz CT molecular complexity index is 784. The number of ether oxygens (including phenoxy) is 1. The van der Waals surface area contributed by atoms with Crippen LogP contribution in [-0.4, -0.2) is 49.6 Å². The lowest BCUT2D eigenvalue weighted by atomic mass is 10.0. The van der Waals surface area contributed by atoms with Gasteiger partial charge in [-0.05, 0) is 35.2 Å². The molecule has 0 bridgehead atoms. The molecule has 2 aromatic rings. The number of rotatable bonds is 6. The van der Waals surface area contributed by atoms with Gasteiger partial charge in [0.05, 0.1) is 6.10 Å². The highest BCUT2D eigenvalue weighted by atomic mass is 16.5. The Morgan fingerprint density at radius 3 is 2.33 bits per heavy atom. The van der Waals surface area contributed by atoms with Gasteiger partial charge < -0.3 is 15.0 Å². The molecule has 0 saturated carbocycles. The fourth-order valence-corrected chi connectivity index (χ4v) is 3.16. The van der Waals surface area contributed by atoms with Gasteiger partial charge in [0.25, 0.3) is 5.91 Å². The summed E-state index contributed by atoms with van der Waals surface area (Å²) in [5.41, 5.74) is 4.19. The van der Waals surface area contributed by atoms with Crippen LogP contribution < -0.4 is 5.32 Å². The summed E-state index contributed by atoms with van der Waals surface area (Å²) < 4.78 is 5.44. The van der Waals surface area contributed by atoms with E-state index in [2.05, 4.69) is 36.5 Å². The highest BCUT2D eigenvalue weighted by molar-refractivity contribution is 5.94. The molecule has 27 heavy (non-hydrogen) atoms. The first-order valence-corrected chi connectivity index (χ1v) is 9.40. The van der Waals surface area contributed by atoms with E-state index in [-0.39, 0.29) is 24.5 Å². The van der Waals surface area contributed by atoms with Crippen LogP contribution in [0.15, 0.2) is 48.5 Å². The molecule has 1 aliphatic rings. The molecule has 0 aliphatic carbocycles. The van der Waals surface area contributed by atoms with E-state index in [1.165, 1.54) is 5.56 Å². The molecule has 5 heteroatoms. The summed E-state index contributed by atoms with van der Waals surface area (Å²) in [5, 5.41) is 2.88. The maximum absolute atomic E-state index is 12.4. The first kappa shape index (κ1) is 19.1. The molecule has 1 aliphatic heterocycles. The van der Waals surface area contributed by atoms with E-state index in [0.717, 1.165) is 24.0 Å². The summed E-state index contributed by atoms with van der Waals surface area (Å²) in [6.45, 7) is 3.13. The minimum Gasteiger partial charge on any atom is -0.365 e. The topological polar surface area (TPSA) is 58.6 Å². The van der Waals surface area contributed by atoms with Crippen LogP contribution in [0.1, 0.15) is 29.3 Å². The Kier molecular flexibility index (Phi) is 6.24. The maximum Gasteiger partial charge on any atom is 0.251 e. The molecule has 1 atom stereocenters. The first-order valence-electron chi connectivity index (χ1n) is 9.40. The Labute approximate surface area is 160 Å². The summed E-state index contributed by atoms with van der Waals surface area (Å²) in [4.78, 5) is 25.4. The number of hydrogen-bond acceptors (Lipinski definition) is 3. The van der Waals surface area contributed by atoms with Crippen molar-refractivity contribution in [2.45, 2.75) is 25.9 Å². The van der Waals surface area contributed by atoms with Gasteiger partial charge in [-0.3, -0.25) is 9.59 Å². The van der Waals surface area contributed by atoms with Crippen molar-refractivity contribution in [2.24, 2.45) is 0 Å². The van der Waals surface area contributed by atoms with Crippen LogP contribution in [0.4, 0.5) is 0 Å². The largest absolute Gasteiger partial charge is 0.365 e. The highest BCUT2D eigenvalue weighted by Gasteiger charge is 2.23. The van der Waals surface area contributed by atoms with Crippen LogP contribution in [0.5, 0.6) is 0 Å². The van der Waals surface area contributed by atoms with Crippen molar-refractivity contribution in [2.75, 3.05) is 26.7 Å². The van der Waals surface area contributed by atoms with Gasteiger partial charge >= 0.3 is 0 Å². The molecule has 1 N–H and O–H groups in total. The maximum atomic E-state index is 12.4. The molecule has 0 unspecified atom stereocenters. The lowest BCUT2D eigenvalue weighted by Crippen LogP contribution is -2.48. The van der Waals surface area contributed by atoms with Crippen LogP contribution in [0.2, 0.25) is 0 Å². The molecule has 0 radical (unpaired) electrons. The zero-order chi connectivity index (χ0) is 19.2. The predicted molar refractivity (Wildman–Crippen MR) is 106 cm³/mol. The third kappa shape index (κ3) is 4.95. The normalized spacial score (nSPS) is 17.0. The minimum absolute atomic E-state index is 0.0316. The standard InChI is InChI=1S/C22H26N2O3/c1-3-4-16-5-7-17(8-6-16)18-9-11-19(12-10-18)22(26)23-13-20-14-24(2)21(25)15-27-20/h5-12,20H,3-4,13-15H2,1-2H3,(H,23,26)/t20-/m1/s1. The number of benzene rings is 2. The van der Waals surface area contributed by atoms with Gasteiger partial charge in [-0.25, -0.2) is 0 Å². The van der Waals surface area contributed by atoms with E-state index in [1.54, 1.807) is 11.9 Å². The molecule has 2 amide bonds. The van der Waals surface area contributed by atoms with Gasteiger partial charge in [-0.2, -0.15) is 0 Å². The molecule has 5 nitrogen and oxygen atoms in total. The number of morpholine rings is 1. The van der Waals surface area contributed by atoms with E-state index in [0.29, 0.717) is 18.7 Å². The van der Waals surface area contributed by atoms with Crippen molar-refractivity contribution in [3.63, 3.8) is 0 Å².